The molecule has 0 fully saturated rings. The number of aromatic nitrogens is 4. The number of Topliss-reactive ketones (excluding diaryl/α,β-unsaturated/α-hetero) is 1. The maximum atomic E-state index is 12.2. The predicted octanol–water partition coefficient (Wildman–Crippen LogP) is 2.63. The van der Waals surface area contributed by atoms with Gasteiger partial charge in [0, 0.05) is 17.5 Å². The Morgan fingerprint density at radius 2 is 1.56 bits per heavy atom. The second-order valence-corrected chi connectivity index (χ2v) is 5.34. The number of methoxy groups -OCH3 is 2. The Labute approximate surface area is 145 Å². The molecule has 0 amide bonds. The molecule has 0 spiro atoms. The molecular weight excluding hydrogens is 320 g/mol. The highest BCUT2D eigenvalue weighted by molar-refractivity contribution is 5.96. The van der Waals surface area contributed by atoms with Gasteiger partial charge in [0.2, 0.25) is 5.82 Å². The van der Waals surface area contributed by atoms with Gasteiger partial charge in [0.15, 0.2) is 5.78 Å². The molecule has 0 aliphatic carbocycles. The number of ketones is 1. The number of aryl methyl sites for hydroxylation is 1. The summed E-state index contributed by atoms with van der Waals surface area (Å²) < 4.78 is 10.2. The molecule has 3 aromatic rings. The topological polar surface area (TPSA) is 79.1 Å². The third-order valence-corrected chi connectivity index (χ3v) is 3.75. The van der Waals surface area contributed by atoms with Crippen LogP contribution in [0.15, 0.2) is 48.5 Å². The Morgan fingerprint density at radius 1 is 0.960 bits per heavy atom. The van der Waals surface area contributed by atoms with Gasteiger partial charge in [-0.15, -0.1) is 10.2 Å². The van der Waals surface area contributed by atoms with E-state index in [4.69, 9.17) is 9.47 Å². The van der Waals surface area contributed by atoms with Gasteiger partial charge in [-0.2, -0.15) is 4.80 Å². The first-order valence-corrected chi connectivity index (χ1v) is 7.79. The van der Waals surface area contributed by atoms with Crippen LogP contribution in [0.4, 0.5) is 0 Å². The zero-order valence-electron chi connectivity index (χ0n) is 14.0. The third kappa shape index (κ3) is 4.00. The number of tetrazole rings is 1. The van der Waals surface area contributed by atoms with Crippen molar-refractivity contribution in [2.75, 3.05) is 14.2 Å². The van der Waals surface area contributed by atoms with Crippen molar-refractivity contribution >= 4 is 5.78 Å². The molecule has 0 aliphatic heterocycles. The van der Waals surface area contributed by atoms with E-state index in [9.17, 15) is 4.79 Å². The Bertz CT molecular complexity index is 842. The number of hydrogen-bond donors (Lipinski definition) is 0. The molecule has 0 N–H and O–H groups in total. The van der Waals surface area contributed by atoms with Crippen molar-refractivity contribution in [3.63, 3.8) is 0 Å². The van der Waals surface area contributed by atoms with E-state index in [-0.39, 0.29) is 5.78 Å². The summed E-state index contributed by atoms with van der Waals surface area (Å²) in [5.74, 6) is 2.02. The summed E-state index contributed by atoms with van der Waals surface area (Å²) in [4.78, 5) is 13.7. The van der Waals surface area contributed by atoms with Crippen molar-refractivity contribution in [3.05, 3.63) is 54.1 Å². The lowest BCUT2D eigenvalue weighted by atomic mass is 10.1. The average Bonchev–Trinajstić information content (AvgIpc) is 3.15. The van der Waals surface area contributed by atoms with Crippen molar-refractivity contribution in [1.82, 2.24) is 20.2 Å². The van der Waals surface area contributed by atoms with E-state index >= 15 is 0 Å². The Hall–Kier alpha value is -3.22. The van der Waals surface area contributed by atoms with Gasteiger partial charge in [-0.05, 0) is 53.7 Å². The first-order chi connectivity index (χ1) is 12.2. The third-order valence-electron chi connectivity index (χ3n) is 3.75. The fraction of sp³-hybridized carbons (Fsp3) is 0.222. The molecule has 0 unspecified atom stereocenters. The largest absolute Gasteiger partial charge is 0.497 e. The number of rotatable bonds is 7. The predicted molar refractivity (Wildman–Crippen MR) is 91.7 cm³/mol. The molecule has 0 saturated heterocycles. The lowest BCUT2D eigenvalue weighted by Gasteiger charge is -2.02. The second-order valence-electron chi connectivity index (χ2n) is 5.34. The van der Waals surface area contributed by atoms with E-state index in [0.717, 1.165) is 17.1 Å². The lowest BCUT2D eigenvalue weighted by molar-refractivity contribution is 0.0973. The van der Waals surface area contributed by atoms with Gasteiger partial charge in [0.1, 0.15) is 11.5 Å². The summed E-state index contributed by atoms with van der Waals surface area (Å²) in [5, 5.41) is 12.3. The van der Waals surface area contributed by atoms with E-state index in [1.165, 1.54) is 4.80 Å². The Balaban J connectivity index is 1.61. The van der Waals surface area contributed by atoms with Crippen LogP contribution in [0.2, 0.25) is 0 Å². The minimum absolute atomic E-state index is 0.0194. The van der Waals surface area contributed by atoms with E-state index in [2.05, 4.69) is 15.4 Å². The molecule has 1 heterocycles. The molecule has 7 heteroatoms. The van der Waals surface area contributed by atoms with Gasteiger partial charge in [0.25, 0.3) is 0 Å². The molecule has 3 rings (SSSR count). The molecule has 25 heavy (non-hydrogen) atoms. The summed E-state index contributed by atoms with van der Waals surface area (Å²) in [6.45, 7) is 0.369. The van der Waals surface area contributed by atoms with Gasteiger partial charge in [-0.1, -0.05) is 0 Å². The van der Waals surface area contributed by atoms with E-state index in [1.807, 2.05) is 24.3 Å². The first-order valence-electron chi connectivity index (χ1n) is 7.79. The summed E-state index contributed by atoms with van der Waals surface area (Å²) in [6, 6.07) is 14.4. The fourth-order valence-electron chi connectivity index (χ4n) is 2.32. The van der Waals surface area contributed by atoms with Gasteiger partial charge in [0.05, 0.1) is 20.8 Å². The second kappa shape index (κ2) is 7.57. The molecular formula is C18H18N4O3. The van der Waals surface area contributed by atoms with Crippen LogP contribution in [0.5, 0.6) is 11.5 Å². The molecule has 0 radical (unpaired) electrons. The SMILES string of the molecule is COc1ccc(C(=O)CCn2nnc(-c3ccc(OC)cc3)n2)cc1. The van der Waals surface area contributed by atoms with Crippen molar-refractivity contribution in [2.45, 2.75) is 13.0 Å². The minimum Gasteiger partial charge on any atom is -0.497 e. The summed E-state index contributed by atoms with van der Waals surface area (Å²) >= 11 is 0. The van der Waals surface area contributed by atoms with Crippen molar-refractivity contribution in [3.8, 4) is 22.9 Å². The van der Waals surface area contributed by atoms with Crippen molar-refractivity contribution in [2.24, 2.45) is 0 Å². The smallest absolute Gasteiger partial charge is 0.204 e. The van der Waals surface area contributed by atoms with Crippen LogP contribution in [0.1, 0.15) is 16.8 Å². The summed E-state index contributed by atoms with van der Waals surface area (Å²) in [6.07, 6.45) is 0.296. The normalized spacial score (nSPS) is 10.5. The van der Waals surface area contributed by atoms with Crippen LogP contribution in [0.3, 0.4) is 0 Å². The van der Waals surface area contributed by atoms with Crippen LogP contribution in [-0.4, -0.2) is 40.2 Å². The van der Waals surface area contributed by atoms with Crippen LogP contribution in [0, 0.1) is 0 Å². The maximum Gasteiger partial charge on any atom is 0.204 e. The van der Waals surface area contributed by atoms with E-state index in [1.54, 1.807) is 38.5 Å². The van der Waals surface area contributed by atoms with Crippen LogP contribution < -0.4 is 9.47 Å². The van der Waals surface area contributed by atoms with Gasteiger partial charge < -0.3 is 9.47 Å². The van der Waals surface area contributed by atoms with E-state index < -0.39 is 0 Å². The van der Waals surface area contributed by atoms with Crippen LogP contribution >= 0.6 is 0 Å². The number of nitrogens with zero attached hydrogens (tertiary/aromatic N) is 4. The fourth-order valence-corrected chi connectivity index (χ4v) is 2.32. The van der Waals surface area contributed by atoms with Gasteiger partial charge >= 0.3 is 0 Å². The van der Waals surface area contributed by atoms with Gasteiger partial charge in [-0.25, -0.2) is 0 Å². The molecule has 0 bridgehead atoms. The monoisotopic (exact) mass is 338 g/mol. The zero-order valence-corrected chi connectivity index (χ0v) is 14.0. The maximum absolute atomic E-state index is 12.2. The molecule has 0 saturated carbocycles. The molecule has 1 aromatic heterocycles. The Morgan fingerprint density at radius 3 is 2.16 bits per heavy atom. The number of ether oxygens (including phenoxy) is 2. The van der Waals surface area contributed by atoms with Crippen molar-refractivity contribution < 1.29 is 14.3 Å². The highest BCUT2D eigenvalue weighted by Gasteiger charge is 2.10. The zero-order chi connectivity index (χ0) is 17.6. The van der Waals surface area contributed by atoms with Crippen molar-refractivity contribution in [1.29, 1.82) is 0 Å². The number of hydrogen-bond acceptors (Lipinski definition) is 6. The highest BCUT2D eigenvalue weighted by Crippen LogP contribution is 2.18. The molecule has 0 atom stereocenters. The molecule has 7 nitrogen and oxygen atoms in total. The Kier molecular flexibility index (Phi) is 5.03. The highest BCUT2D eigenvalue weighted by atomic mass is 16.5. The lowest BCUT2D eigenvalue weighted by Crippen LogP contribution is -2.08. The number of benzene rings is 2. The average molecular weight is 338 g/mol. The summed E-state index contributed by atoms with van der Waals surface area (Å²) in [7, 11) is 3.21. The van der Waals surface area contributed by atoms with Crippen LogP contribution in [0.25, 0.3) is 11.4 Å². The standard InChI is InChI=1S/C18H18N4O3/c1-24-15-7-3-13(4-8-15)17(23)11-12-22-20-18(19-21-22)14-5-9-16(25-2)10-6-14/h3-10H,11-12H2,1-2H3. The number of carbonyl (C=O) groups excluding carboxylic acids is 1. The first kappa shape index (κ1) is 16.6. The van der Waals surface area contributed by atoms with Gasteiger partial charge in [-0.3, -0.25) is 4.79 Å². The molecule has 0 aliphatic rings. The molecule has 2 aromatic carbocycles. The quantitative estimate of drug-likeness (QED) is 0.616. The minimum atomic E-state index is 0.0194. The number of carbonyl (C=O) groups is 1. The van der Waals surface area contributed by atoms with Crippen LogP contribution in [-0.2, 0) is 6.54 Å². The van der Waals surface area contributed by atoms with E-state index in [0.29, 0.717) is 24.4 Å². The molecule has 128 valence electrons. The summed E-state index contributed by atoms with van der Waals surface area (Å²) in [5.41, 5.74) is 1.48.